The Morgan fingerprint density at radius 3 is 2.25 bits per heavy atom. The van der Waals surface area contributed by atoms with Crippen LogP contribution in [0.15, 0.2) is 54.6 Å². The Bertz CT molecular complexity index is 762. The molecule has 1 N–H and O–H groups in total. The fraction of sp³-hybridized carbons (Fsp3) is 0.391. The second kappa shape index (κ2) is 10.9. The molecular weight excluding hydrogens is 372 g/mol. The van der Waals surface area contributed by atoms with Crippen molar-refractivity contribution in [1.29, 1.82) is 0 Å². The quantitative estimate of drug-likeness (QED) is 0.668. The van der Waals surface area contributed by atoms with Gasteiger partial charge in [0.1, 0.15) is 6.04 Å². The second-order valence-electron chi connectivity index (χ2n) is 7.13. The molecule has 28 heavy (non-hydrogen) atoms. The van der Waals surface area contributed by atoms with E-state index < -0.39 is 6.04 Å². The number of nitrogens with zero attached hydrogens (tertiary/aromatic N) is 1. The second-order valence-corrected chi connectivity index (χ2v) is 7.56. The van der Waals surface area contributed by atoms with Crippen molar-refractivity contribution in [3.63, 3.8) is 0 Å². The topological polar surface area (TPSA) is 49.4 Å². The van der Waals surface area contributed by atoms with Gasteiger partial charge in [-0.15, -0.1) is 0 Å². The van der Waals surface area contributed by atoms with E-state index in [1.165, 1.54) is 0 Å². The zero-order valence-corrected chi connectivity index (χ0v) is 17.6. The number of benzene rings is 2. The number of amides is 2. The van der Waals surface area contributed by atoms with Gasteiger partial charge in [-0.2, -0.15) is 0 Å². The van der Waals surface area contributed by atoms with E-state index in [9.17, 15) is 9.59 Å². The summed E-state index contributed by atoms with van der Waals surface area (Å²) in [5, 5.41) is 3.63. The molecular formula is C23H29ClN2O2. The van der Waals surface area contributed by atoms with Gasteiger partial charge in [-0.1, -0.05) is 61.0 Å². The summed E-state index contributed by atoms with van der Waals surface area (Å²) in [6.45, 7) is 6.14. The number of rotatable bonds is 9. The monoisotopic (exact) mass is 400 g/mol. The van der Waals surface area contributed by atoms with Crippen molar-refractivity contribution in [2.45, 2.75) is 58.7 Å². The van der Waals surface area contributed by atoms with Gasteiger partial charge in [0.25, 0.3) is 0 Å². The van der Waals surface area contributed by atoms with E-state index in [0.717, 1.165) is 17.5 Å². The van der Waals surface area contributed by atoms with Crippen LogP contribution in [0.2, 0.25) is 5.02 Å². The Balaban J connectivity index is 2.12. The lowest BCUT2D eigenvalue weighted by Crippen LogP contribution is -2.49. The Hall–Kier alpha value is -2.33. The molecule has 2 atom stereocenters. The molecule has 0 aliphatic heterocycles. The van der Waals surface area contributed by atoms with Gasteiger partial charge in [-0.25, -0.2) is 0 Å². The van der Waals surface area contributed by atoms with E-state index >= 15 is 0 Å². The fourth-order valence-electron chi connectivity index (χ4n) is 2.87. The molecule has 0 unspecified atom stereocenters. The third-order valence-corrected chi connectivity index (χ3v) is 5.16. The lowest BCUT2D eigenvalue weighted by molar-refractivity contribution is -0.140. The first-order chi connectivity index (χ1) is 13.4. The highest BCUT2D eigenvalue weighted by Gasteiger charge is 2.26. The predicted molar refractivity (Wildman–Crippen MR) is 114 cm³/mol. The van der Waals surface area contributed by atoms with Crippen LogP contribution in [0.3, 0.4) is 0 Å². The zero-order chi connectivity index (χ0) is 20.5. The summed E-state index contributed by atoms with van der Waals surface area (Å²) in [4.78, 5) is 27.3. The first kappa shape index (κ1) is 22.0. The molecule has 0 bridgehead atoms. The van der Waals surface area contributed by atoms with Gasteiger partial charge in [0.05, 0.1) is 0 Å². The Morgan fingerprint density at radius 1 is 1.00 bits per heavy atom. The van der Waals surface area contributed by atoms with Gasteiger partial charge >= 0.3 is 0 Å². The number of halogens is 1. The first-order valence-corrected chi connectivity index (χ1v) is 10.2. The maximum atomic E-state index is 13.0. The predicted octanol–water partition coefficient (Wildman–Crippen LogP) is 4.60. The van der Waals surface area contributed by atoms with E-state index in [0.29, 0.717) is 24.4 Å². The van der Waals surface area contributed by atoms with E-state index in [-0.39, 0.29) is 17.9 Å². The number of carbonyl (C=O) groups excluding carboxylic acids is 2. The molecule has 2 aromatic carbocycles. The van der Waals surface area contributed by atoms with Gasteiger partial charge in [0.2, 0.25) is 11.8 Å². The molecule has 0 aromatic heterocycles. The number of hydrogen-bond acceptors (Lipinski definition) is 2. The average Bonchev–Trinajstić information content (AvgIpc) is 2.71. The van der Waals surface area contributed by atoms with E-state index in [2.05, 4.69) is 5.32 Å². The van der Waals surface area contributed by atoms with E-state index in [1.54, 1.807) is 24.0 Å². The fourth-order valence-corrected chi connectivity index (χ4v) is 3.00. The highest BCUT2D eigenvalue weighted by molar-refractivity contribution is 6.30. The Labute approximate surface area is 172 Å². The van der Waals surface area contributed by atoms with Crippen molar-refractivity contribution in [3.05, 3.63) is 70.7 Å². The minimum Gasteiger partial charge on any atom is -0.352 e. The summed E-state index contributed by atoms with van der Waals surface area (Å²) in [6.07, 6.45) is 1.85. The summed E-state index contributed by atoms with van der Waals surface area (Å²) >= 11 is 5.97. The largest absolute Gasteiger partial charge is 0.352 e. The van der Waals surface area contributed by atoms with Crippen molar-refractivity contribution < 1.29 is 9.59 Å². The maximum Gasteiger partial charge on any atom is 0.242 e. The lowest BCUT2D eigenvalue weighted by atomic mass is 10.1. The highest BCUT2D eigenvalue weighted by atomic mass is 35.5. The van der Waals surface area contributed by atoms with Crippen LogP contribution in [0.25, 0.3) is 0 Å². The molecule has 2 aromatic rings. The molecule has 5 heteroatoms. The molecule has 0 spiro atoms. The molecule has 0 saturated heterocycles. The van der Waals surface area contributed by atoms with Gasteiger partial charge < -0.3 is 10.2 Å². The number of aryl methyl sites for hydroxylation is 1. The van der Waals surface area contributed by atoms with Crippen LogP contribution in [-0.4, -0.2) is 28.8 Å². The first-order valence-electron chi connectivity index (χ1n) is 9.79. The van der Waals surface area contributed by atoms with Crippen LogP contribution < -0.4 is 5.32 Å². The van der Waals surface area contributed by atoms with Gasteiger partial charge in [-0.05, 0) is 49.9 Å². The Kier molecular flexibility index (Phi) is 8.52. The summed E-state index contributed by atoms with van der Waals surface area (Å²) < 4.78 is 0. The number of nitrogens with one attached hydrogen (secondary N) is 1. The standard InChI is InChI=1S/C23H29ClN2O2/c1-4-17(2)25-23(28)18(3)26(16-20-10-13-21(24)14-11-20)22(27)15-12-19-8-6-5-7-9-19/h5-11,13-14,17-18H,4,12,15-16H2,1-3H3,(H,25,28)/t17-,18-/m0/s1. The van der Waals surface area contributed by atoms with Crippen LogP contribution in [-0.2, 0) is 22.6 Å². The van der Waals surface area contributed by atoms with Crippen LogP contribution in [0.4, 0.5) is 0 Å². The smallest absolute Gasteiger partial charge is 0.242 e. The van der Waals surface area contributed by atoms with Crippen molar-refractivity contribution >= 4 is 23.4 Å². The maximum absolute atomic E-state index is 13.0. The van der Waals surface area contributed by atoms with Gasteiger partial charge in [-0.3, -0.25) is 9.59 Å². The van der Waals surface area contributed by atoms with Crippen LogP contribution in [0.5, 0.6) is 0 Å². The summed E-state index contributed by atoms with van der Waals surface area (Å²) in [6, 6.07) is 16.8. The zero-order valence-electron chi connectivity index (χ0n) is 16.8. The summed E-state index contributed by atoms with van der Waals surface area (Å²) in [7, 11) is 0. The van der Waals surface area contributed by atoms with Crippen LogP contribution in [0.1, 0.15) is 44.7 Å². The Morgan fingerprint density at radius 2 is 1.64 bits per heavy atom. The molecule has 0 heterocycles. The SMILES string of the molecule is CC[C@H](C)NC(=O)[C@H](C)N(Cc1ccc(Cl)cc1)C(=O)CCc1ccccc1. The van der Waals surface area contributed by atoms with Crippen molar-refractivity contribution in [1.82, 2.24) is 10.2 Å². The third kappa shape index (κ3) is 6.68. The van der Waals surface area contributed by atoms with E-state index in [4.69, 9.17) is 11.6 Å². The normalized spacial score (nSPS) is 12.9. The summed E-state index contributed by atoms with van der Waals surface area (Å²) in [5.74, 6) is -0.165. The molecule has 0 aliphatic carbocycles. The number of carbonyl (C=O) groups is 2. The van der Waals surface area contributed by atoms with Crippen LogP contribution in [0, 0.1) is 0 Å². The minimum atomic E-state index is -0.548. The molecule has 0 radical (unpaired) electrons. The van der Waals surface area contributed by atoms with Crippen molar-refractivity contribution in [2.24, 2.45) is 0 Å². The van der Waals surface area contributed by atoms with Gasteiger partial charge in [0.15, 0.2) is 0 Å². The molecule has 2 rings (SSSR count). The molecule has 150 valence electrons. The number of hydrogen-bond donors (Lipinski definition) is 1. The molecule has 0 aliphatic rings. The third-order valence-electron chi connectivity index (χ3n) is 4.90. The van der Waals surface area contributed by atoms with Gasteiger partial charge in [0, 0.05) is 24.0 Å². The summed E-state index contributed by atoms with van der Waals surface area (Å²) in [5.41, 5.74) is 2.06. The lowest BCUT2D eigenvalue weighted by Gasteiger charge is -2.30. The molecule has 0 fully saturated rings. The molecule has 0 saturated carbocycles. The minimum absolute atomic E-state index is 0.0365. The van der Waals surface area contributed by atoms with Crippen molar-refractivity contribution in [3.8, 4) is 0 Å². The molecule has 2 amide bonds. The van der Waals surface area contributed by atoms with Crippen molar-refractivity contribution in [2.75, 3.05) is 0 Å². The highest BCUT2D eigenvalue weighted by Crippen LogP contribution is 2.15. The van der Waals surface area contributed by atoms with E-state index in [1.807, 2.05) is 56.3 Å². The molecule has 4 nitrogen and oxygen atoms in total. The van der Waals surface area contributed by atoms with Crippen LogP contribution >= 0.6 is 11.6 Å². The average molecular weight is 401 g/mol.